The number of nitrogens with two attached hydrogens (primary N) is 1. The van der Waals surface area contributed by atoms with Crippen molar-refractivity contribution in [2.45, 2.75) is 32.2 Å². The molecule has 2 N–H and O–H groups in total. The smallest absolute Gasteiger partial charge is 0.229 e. The zero-order chi connectivity index (χ0) is 17.1. The molecule has 0 spiro atoms. The molecule has 2 unspecified atom stereocenters. The van der Waals surface area contributed by atoms with Gasteiger partial charge in [-0.2, -0.15) is 0 Å². The molecule has 1 aliphatic heterocycles. The standard InChI is InChI=1S/C18H22ClN3O2/c1-12-6-7-22(16(8-12)10-20)17(23)9-15-11-24-18(21-15)13-2-4-14(19)5-3-13/h2-5,11-12,16H,6-10,20H2,1H3. The molecule has 0 saturated carbocycles. The molecule has 0 radical (unpaired) electrons. The predicted octanol–water partition coefficient (Wildman–Crippen LogP) is 3.12. The molecular formula is C18H22ClN3O2. The van der Waals surface area contributed by atoms with E-state index in [-0.39, 0.29) is 18.4 Å². The van der Waals surface area contributed by atoms with Crippen molar-refractivity contribution in [3.8, 4) is 11.5 Å². The van der Waals surface area contributed by atoms with E-state index in [1.54, 1.807) is 18.4 Å². The van der Waals surface area contributed by atoms with E-state index in [9.17, 15) is 4.79 Å². The van der Waals surface area contributed by atoms with Crippen LogP contribution in [-0.4, -0.2) is 34.9 Å². The van der Waals surface area contributed by atoms with Crippen LogP contribution in [0, 0.1) is 5.92 Å². The summed E-state index contributed by atoms with van der Waals surface area (Å²) in [6.07, 6.45) is 3.78. The molecule has 24 heavy (non-hydrogen) atoms. The Balaban J connectivity index is 1.68. The van der Waals surface area contributed by atoms with Gasteiger partial charge in [0, 0.05) is 29.7 Å². The number of carbonyl (C=O) groups excluding carboxylic acids is 1. The summed E-state index contributed by atoms with van der Waals surface area (Å²) < 4.78 is 5.50. The van der Waals surface area contributed by atoms with E-state index in [0.717, 1.165) is 24.9 Å². The van der Waals surface area contributed by atoms with Gasteiger partial charge in [0.05, 0.1) is 12.1 Å². The lowest BCUT2D eigenvalue weighted by Gasteiger charge is -2.38. The molecule has 0 aliphatic carbocycles. The van der Waals surface area contributed by atoms with Crippen LogP contribution >= 0.6 is 11.6 Å². The molecule has 5 nitrogen and oxygen atoms in total. The first-order valence-corrected chi connectivity index (χ1v) is 8.64. The van der Waals surface area contributed by atoms with Crippen LogP contribution < -0.4 is 5.73 Å². The summed E-state index contributed by atoms with van der Waals surface area (Å²) in [6.45, 7) is 3.48. The van der Waals surface area contributed by atoms with Crippen molar-refractivity contribution in [1.29, 1.82) is 0 Å². The Morgan fingerprint density at radius 1 is 1.42 bits per heavy atom. The first-order valence-electron chi connectivity index (χ1n) is 8.26. The van der Waals surface area contributed by atoms with Crippen LogP contribution in [0.3, 0.4) is 0 Å². The molecular weight excluding hydrogens is 326 g/mol. The third-order valence-corrected chi connectivity index (χ3v) is 4.80. The Morgan fingerprint density at radius 3 is 2.88 bits per heavy atom. The van der Waals surface area contributed by atoms with E-state index < -0.39 is 0 Å². The minimum absolute atomic E-state index is 0.0632. The highest BCUT2D eigenvalue weighted by molar-refractivity contribution is 6.30. The van der Waals surface area contributed by atoms with E-state index in [0.29, 0.717) is 29.1 Å². The zero-order valence-corrected chi connectivity index (χ0v) is 14.5. The molecule has 128 valence electrons. The lowest BCUT2D eigenvalue weighted by Crippen LogP contribution is -2.49. The highest BCUT2D eigenvalue weighted by atomic mass is 35.5. The number of oxazole rings is 1. The van der Waals surface area contributed by atoms with Gasteiger partial charge in [-0.15, -0.1) is 0 Å². The molecule has 1 amide bonds. The summed E-state index contributed by atoms with van der Waals surface area (Å²) in [5, 5.41) is 0.660. The number of hydrogen-bond acceptors (Lipinski definition) is 4. The minimum Gasteiger partial charge on any atom is -0.444 e. The Hall–Kier alpha value is -1.85. The maximum Gasteiger partial charge on any atom is 0.229 e. The minimum atomic E-state index is 0.0632. The van der Waals surface area contributed by atoms with Crippen LogP contribution in [0.25, 0.3) is 11.5 Å². The predicted molar refractivity (Wildman–Crippen MR) is 93.6 cm³/mol. The highest BCUT2D eigenvalue weighted by Crippen LogP contribution is 2.24. The molecule has 1 fully saturated rings. The van der Waals surface area contributed by atoms with Crippen molar-refractivity contribution < 1.29 is 9.21 Å². The summed E-state index contributed by atoms with van der Waals surface area (Å²) in [5.74, 6) is 1.18. The summed E-state index contributed by atoms with van der Waals surface area (Å²) in [6, 6.07) is 7.38. The van der Waals surface area contributed by atoms with Crippen molar-refractivity contribution in [2.24, 2.45) is 11.7 Å². The Labute approximate surface area is 146 Å². The fourth-order valence-corrected chi connectivity index (χ4v) is 3.30. The van der Waals surface area contributed by atoms with E-state index in [1.807, 2.05) is 17.0 Å². The van der Waals surface area contributed by atoms with Crippen LogP contribution in [0.1, 0.15) is 25.5 Å². The second kappa shape index (κ2) is 7.36. The summed E-state index contributed by atoms with van der Waals surface area (Å²) in [7, 11) is 0. The average molecular weight is 348 g/mol. The third-order valence-electron chi connectivity index (χ3n) is 4.55. The number of aromatic nitrogens is 1. The maximum atomic E-state index is 12.6. The lowest BCUT2D eigenvalue weighted by atomic mass is 9.92. The van der Waals surface area contributed by atoms with Gasteiger partial charge < -0.3 is 15.1 Å². The Bertz CT molecular complexity index is 699. The van der Waals surface area contributed by atoms with Gasteiger partial charge in [-0.25, -0.2) is 4.98 Å². The van der Waals surface area contributed by atoms with Crippen LogP contribution in [0.15, 0.2) is 34.9 Å². The van der Waals surface area contributed by atoms with E-state index in [2.05, 4.69) is 11.9 Å². The summed E-state index contributed by atoms with van der Waals surface area (Å²) >= 11 is 5.89. The van der Waals surface area contributed by atoms with Crippen molar-refractivity contribution >= 4 is 17.5 Å². The number of amides is 1. The van der Waals surface area contributed by atoms with E-state index >= 15 is 0 Å². The molecule has 2 atom stereocenters. The first-order chi connectivity index (χ1) is 11.6. The molecule has 1 aliphatic rings. The largest absolute Gasteiger partial charge is 0.444 e. The van der Waals surface area contributed by atoms with Crippen molar-refractivity contribution in [3.63, 3.8) is 0 Å². The maximum absolute atomic E-state index is 12.6. The fraction of sp³-hybridized carbons (Fsp3) is 0.444. The number of rotatable bonds is 4. The highest BCUT2D eigenvalue weighted by Gasteiger charge is 2.29. The second-order valence-corrected chi connectivity index (χ2v) is 6.87. The van der Waals surface area contributed by atoms with E-state index in [1.165, 1.54) is 0 Å². The van der Waals surface area contributed by atoms with Gasteiger partial charge in [-0.3, -0.25) is 4.79 Å². The topological polar surface area (TPSA) is 72.4 Å². The van der Waals surface area contributed by atoms with Gasteiger partial charge in [0.15, 0.2) is 0 Å². The van der Waals surface area contributed by atoms with Crippen molar-refractivity contribution in [1.82, 2.24) is 9.88 Å². The number of piperidine rings is 1. The Kier molecular flexibility index (Phi) is 5.21. The third kappa shape index (κ3) is 3.79. The van der Waals surface area contributed by atoms with Crippen molar-refractivity contribution in [2.75, 3.05) is 13.1 Å². The molecule has 1 aromatic carbocycles. The van der Waals surface area contributed by atoms with Crippen LogP contribution in [0.5, 0.6) is 0 Å². The van der Waals surface area contributed by atoms with Crippen LogP contribution in [0.2, 0.25) is 5.02 Å². The number of likely N-dealkylation sites (tertiary alicyclic amines) is 1. The monoisotopic (exact) mass is 347 g/mol. The normalized spacial score (nSPS) is 21.0. The zero-order valence-electron chi connectivity index (χ0n) is 13.7. The van der Waals surface area contributed by atoms with Gasteiger partial charge in [0.25, 0.3) is 0 Å². The van der Waals surface area contributed by atoms with Gasteiger partial charge in [-0.05, 0) is 43.0 Å². The number of halogens is 1. The average Bonchev–Trinajstić information content (AvgIpc) is 3.03. The summed E-state index contributed by atoms with van der Waals surface area (Å²) in [4.78, 5) is 18.9. The van der Waals surface area contributed by atoms with E-state index in [4.69, 9.17) is 21.8 Å². The number of hydrogen-bond donors (Lipinski definition) is 1. The Morgan fingerprint density at radius 2 is 2.17 bits per heavy atom. The molecule has 0 bridgehead atoms. The van der Waals surface area contributed by atoms with Gasteiger partial charge in [-0.1, -0.05) is 18.5 Å². The quantitative estimate of drug-likeness (QED) is 0.922. The van der Waals surface area contributed by atoms with Gasteiger partial charge in [0.1, 0.15) is 6.26 Å². The summed E-state index contributed by atoms with van der Waals surface area (Å²) in [5.41, 5.74) is 7.32. The fourth-order valence-electron chi connectivity index (χ4n) is 3.17. The molecule has 1 aromatic heterocycles. The molecule has 3 rings (SSSR count). The molecule has 2 aromatic rings. The number of nitrogens with zero attached hydrogens (tertiary/aromatic N) is 2. The second-order valence-electron chi connectivity index (χ2n) is 6.43. The van der Waals surface area contributed by atoms with Crippen LogP contribution in [0.4, 0.5) is 0 Å². The molecule has 1 saturated heterocycles. The number of benzene rings is 1. The lowest BCUT2D eigenvalue weighted by molar-refractivity contribution is -0.134. The van der Waals surface area contributed by atoms with Gasteiger partial charge in [0.2, 0.25) is 11.8 Å². The van der Waals surface area contributed by atoms with Crippen LogP contribution in [-0.2, 0) is 11.2 Å². The van der Waals surface area contributed by atoms with Crippen molar-refractivity contribution in [3.05, 3.63) is 41.2 Å². The number of carbonyl (C=O) groups is 1. The SMILES string of the molecule is CC1CCN(C(=O)Cc2coc(-c3ccc(Cl)cc3)n2)C(CN)C1. The molecule has 6 heteroatoms. The van der Waals surface area contributed by atoms with Gasteiger partial charge >= 0.3 is 0 Å². The first kappa shape index (κ1) is 17.0. The molecule has 2 heterocycles.